The maximum atomic E-state index is 10.5. The first-order valence-electron chi connectivity index (χ1n) is 3.16. The van der Waals surface area contributed by atoms with Gasteiger partial charge in [-0.15, -0.1) is 0 Å². The molecule has 0 amide bonds. The Hall–Kier alpha value is 0.490. The molecule has 0 atom stereocenters. The topological polar surface area (TPSA) is 20.3 Å². The molecule has 54 valence electrons. The van der Waals surface area contributed by atoms with E-state index < -0.39 is 21.5 Å². The van der Waals surface area contributed by atoms with Crippen LogP contribution >= 0.6 is 21.5 Å². The highest BCUT2D eigenvalue weighted by atomic mass is 127. The summed E-state index contributed by atoms with van der Waals surface area (Å²) in [4.78, 5) is 0. The van der Waals surface area contributed by atoms with Gasteiger partial charge in [-0.2, -0.15) is 0 Å². The summed E-state index contributed by atoms with van der Waals surface area (Å²) >= 11 is -0.872. The standard InChI is InChI=1S/C6H12INO/c1-6(2)3-4-8(5-6)7-9/h3-5H2,1-2H3. The maximum Gasteiger partial charge on any atom is 0.239 e. The van der Waals surface area contributed by atoms with E-state index >= 15 is 0 Å². The molecule has 1 rings (SSSR count). The number of hydrogen-bond donors (Lipinski definition) is 0. The first-order valence-corrected chi connectivity index (χ1v) is 5.01. The Balaban J connectivity index is 2.47. The lowest BCUT2D eigenvalue weighted by molar-refractivity contribution is 0.395. The predicted molar refractivity (Wildman–Crippen MR) is 44.7 cm³/mol. The van der Waals surface area contributed by atoms with Crippen molar-refractivity contribution in [2.45, 2.75) is 20.3 Å². The van der Waals surface area contributed by atoms with Gasteiger partial charge in [-0.1, -0.05) is 13.8 Å². The van der Waals surface area contributed by atoms with Crippen LogP contribution in [-0.4, -0.2) is 16.2 Å². The Morgan fingerprint density at radius 1 is 1.56 bits per heavy atom. The molecule has 0 aromatic heterocycles. The minimum Gasteiger partial charge on any atom is -0.252 e. The van der Waals surface area contributed by atoms with E-state index in [1.165, 1.54) is 6.42 Å². The first-order chi connectivity index (χ1) is 4.14. The van der Waals surface area contributed by atoms with Crippen molar-refractivity contribution in [3.8, 4) is 0 Å². The van der Waals surface area contributed by atoms with Gasteiger partial charge in [-0.25, -0.2) is 3.11 Å². The second kappa shape index (κ2) is 2.62. The molecule has 1 fully saturated rings. The Morgan fingerprint density at radius 3 is 2.44 bits per heavy atom. The average molecular weight is 241 g/mol. The molecule has 9 heavy (non-hydrogen) atoms. The molecule has 0 unspecified atom stereocenters. The molecular formula is C6H12INO. The fraction of sp³-hybridized carbons (Fsp3) is 1.00. The van der Waals surface area contributed by atoms with Crippen molar-refractivity contribution in [3.63, 3.8) is 0 Å². The highest BCUT2D eigenvalue weighted by molar-refractivity contribution is 14.1. The third-order valence-electron chi connectivity index (χ3n) is 1.73. The molecule has 2 nitrogen and oxygen atoms in total. The molecule has 0 spiro atoms. The Bertz CT molecular complexity index is 124. The third-order valence-corrected chi connectivity index (χ3v) is 3.11. The van der Waals surface area contributed by atoms with Crippen LogP contribution < -0.4 is 0 Å². The lowest BCUT2D eigenvalue weighted by atomic mass is 9.93. The van der Waals surface area contributed by atoms with Crippen LogP contribution in [0.25, 0.3) is 0 Å². The quantitative estimate of drug-likeness (QED) is 0.516. The molecule has 0 saturated carbocycles. The first kappa shape index (κ1) is 7.60. The minimum atomic E-state index is -0.872. The van der Waals surface area contributed by atoms with Gasteiger partial charge in [0.15, 0.2) is 0 Å². The molecule has 0 aromatic carbocycles. The van der Waals surface area contributed by atoms with E-state index in [-0.39, 0.29) is 0 Å². The molecule has 1 aliphatic heterocycles. The zero-order valence-electron chi connectivity index (χ0n) is 5.85. The molecule has 0 bridgehead atoms. The zero-order chi connectivity index (χ0) is 6.91. The van der Waals surface area contributed by atoms with Crippen molar-refractivity contribution < 1.29 is 3.07 Å². The zero-order valence-corrected chi connectivity index (χ0v) is 8.01. The molecule has 0 aliphatic carbocycles. The van der Waals surface area contributed by atoms with Crippen LogP contribution in [0.3, 0.4) is 0 Å². The third kappa shape index (κ3) is 1.97. The van der Waals surface area contributed by atoms with E-state index in [0.29, 0.717) is 5.41 Å². The summed E-state index contributed by atoms with van der Waals surface area (Å²) in [5.74, 6) is 0. The Morgan fingerprint density at radius 2 is 2.22 bits per heavy atom. The van der Waals surface area contributed by atoms with Crippen molar-refractivity contribution in [3.05, 3.63) is 0 Å². The Labute approximate surface area is 66.6 Å². The molecule has 1 saturated heterocycles. The van der Waals surface area contributed by atoms with Gasteiger partial charge in [-0.05, 0) is 11.8 Å². The van der Waals surface area contributed by atoms with Crippen molar-refractivity contribution in [1.82, 2.24) is 3.11 Å². The van der Waals surface area contributed by atoms with Crippen LogP contribution in [0.2, 0.25) is 0 Å². The van der Waals surface area contributed by atoms with E-state index in [2.05, 4.69) is 17.0 Å². The van der Waals surface area contributed by atoms with Crippen molar-refractivity contribution >= 4 is 21.5 Å². The van der Waals surface area contributed by atoms with Gasteiger partial charge in [0.25, 0.3) is 0 Å². The minimum absolute atomic E-state index is 0.421. The fourth-order valence-corrected chi connectivity index (χ4v) is 2.61. The monoisotopic (exact) mass is 241 g/mol. The van der Waals surface area contributed by atoms with Gasteiger partial charge in [0.2, 0.25) is 21.5 Å². The highest BCUT2D eigenvalue weighted by Crippen LogP contribution is 2.31. The van der Waals surface area contributed by atoms with Crippen molar-refractivity contribution in [2.24, 2.45) is 5.41 Å². The van der Waals surface area contributed by atoms with Gasteiger partial charge >= 0.3 is 0 Å². The molecule has 1 heterocycles. The summed E-state index contributed by atoms with van der Waals surface area (Å²) in [5, 5.41) is 0. The molecule has 0 radical (unpaired) electrons. The molecule has 1 aliphatic rings. The second-order valence-electron chi connectivity index (χ2n) is 3.33. The summed E-state index contributed by atoms with van der Waals surface area (Å²) in [6, 6.07) is 0. The van der Waals surface area contributed by atoms with Gasteiger partial charge < -0.3 is 0 Å². The smallest absolute Gasteiger partial charge is 0.239 e. The fourth-order valence-electron chi connectivity index (χ4n) is 1.11. The number of rotatable bonds is 1. The number of nitrogens with zero attached hydrogens (tertiary/aromatic N) is 1. The number of hydrogen-bond acceptors (Lipinski definition) is 1. The summed E-state index contributed by atoms with van der Waals surface area (Å²) in [5.41, 5.74) is 0.421. The van der Waals surface area contributed by atoms with Crippen LogP contribution in [0.5, 0.6) is 0 Å². The summed E-state index contributed by atoms with van der Waals surface area (Å²) in [6.45, 7) is 6.53. The maximum absolute atomic E-state index is 10.5. The highest BCUT2D eigenvalue weighted by Gasteiger charge is 2.28. The van der Waals surface area contributed by atoms with E-state index in [0.717, 1.165) is 13.1 Å². The predicted octanol–water partition coefficient (Wildman–Crippen LogP) is 1.95. The van der Waals surface area contributed by atoms with Crippen molar-refractivity contribution in [1.29, 1.82) is 0 Å². The van der Waals surface area contributed by atoms with E-state index in [1.54, 1.807) is 0 Å². The van der Waals surface area contributed by atoms with E-state index in [4.69, 9.17) is 0 Å². The largest absolute Gasteiger partial charge is 0.252 e. The lowest BCUT2D eigenvalue weighted by Gasteiger charge is -2.14. The van der Waals surface area contributed by atoms with Crippen LogP contribution in [0.15, 0.2) is 0 Å². The van der Waals surface area contributed by atoms with Crippen LogP contribution in [0.4, 0.5) is 0 Å². The van der Waals surface area contributed by atoms with Crippen LogP contribution in [-0.2, 0) is 3.07 Å². The molecule has 0 aromatic rings. The lowest BCUT2D eigenvalue weighted by Crippen LogP contribution is -2.14. The molecular weight excluding hydrogens is 229 g/mol. The SMILES string of the molecule is CC1(C)CCN(I=O)C1. The van der Waals surface area contributed by atoms with Crippen LogP contribution in [0, 0.1) is 5.41 Å². The van der Waals surface area contributed by atoms with Gasteiger partial charge in [0.1, 0.15) is 0 Å². The van der Waals surface area contributed by atoms with Gasteiger partial charge in [0, 0.05) is 13.1 Å². The normalized spacial score (nSPS) is 26.9. The summed E-state index contributed by atoms with van der Waals surface area (Å²) in [6.07, 6.45) is 1.20. The second-order valence-corrected chi connectivity index (χ2v) is 5.09. The number of halogens is 1. The summed E-state index contributed by atoms with van der Waals surface area (Å²) in [7, 11) is 0. The van der Waals surface area contributed by atoms with E-state index in [9.17, 15) is 3.07 Å². The average Bonchev–Trinajstić information content (AvgIpc) is 2.10. The van der Waals surface area contributed by atoms with Gasteiger partial charge in [-0.3, -0.25) is 3.07 Å². The summed E-state index contributed by atoms with van der Waals surface area (Å²) < 4.78 is 12.5. The molecule has 3 heteroatoms. The van der Waals surface area contributed by atoms with Gasteiger partial charge in [0.05, 0.1) is 0 Å². The van der Waals surface area contributed by atoms with Crippen LogP contribution in [0.1, 0.15) is 20.3 Å². The van der Waals surface area contributed by atoms with E-state index in [1.807, 2.05) is 0 Å². The Kier molecular flexibility index (Phi) is 2.21. The van der Waals surface area contributed by atoms with Crippen molar-refractivity contribution in [2.75, 3.05) is 13.1 Å². The molecule has 0 N–H and O–H groups in total.